The topological polar surface area (TPSA) is 77.5 Å². The van der Waals surface area contributed by atoms with Gasteiger partial charge in [-0.1, -0.05) is 6.07 Å². The fourth-order valence-corrected chi connectivity index (χ4v) is 3.48. The molecule has 31 heavy (non-hydrogen) atoms. The molecule has 2 aliphatic rings. The van der Waals surface area contributed by atoms with E-state index in [1.54, 1.807) is 0 Å². The van der Waals surface area contributed by atoms with Crippen molar-refractivity contribution >= 4 is 17.6 Å². The predicted molar refractivity (Wildman–Crippen MR) is 102 cm³/mol. The molecule has 8 nitrogen and oxygen atoms in total. The predicted octanol–water partition coefficient (Wildman–Crippen LogP) is 1.93. The van der Waals surface area contributed by atoms with E-state index in [4.69, 9.17) is 14.2 Å². The zero-order chi connectivity index (χ0) is 22.6. The molecule has 0 saturated carbocycles. The number of ether oxygens (including phenoxy) is 4. The lowest BCUT2D eigenvalue weighted by molar-refractivity contribution is -0.140. The summed E-state index contributed by atoms with van der Waals surface area (Å²) in [6.07, 6.45) is -4.62. The quantitative estimate of drug-likeness (QED) is 0.638. The van der Waals surface area contributed by atoms with Crippen LogP contribution in [0.4, 0.5) is 18.9 Å². The Morgan fingerprint density at radius 2 is 1.74 bits per heavy atom. The fourth-order valence-electron chi connectivity index (χ4n) is 3.48. The van der Waals surface area contributed by atoms with Gasteiger partial charge in [-0.3, -0.25) is 4.90 Å². The fraction of sp³-hybridized carbons (Fsp3) is 0.500. The molecule has 0 atom stereocenters. The Morgan fingerprint density at radius 3 is 2.35 bits per heavy atom. The summed E-state index contributed by atoms with van der Waals surface area (Å²) >= 11 is 0. The third kappa shape index (κ3) is 5.17. The van der Waals surface area contributed by atoms with Crippen LogP contribution >= 0.6 is 0 Å². The highest BCUT2D eigenvalue weighted by Crippen LogP contribution is 2.37. The van der Waals surface area contributed by atoms with Crippen LogP contribution in [0.15, 0.2) is 29.5 Å². The summed E-state index contributed by atoms with van der Waals surface area (Å²) in [5.41, 5.74) is -1.03. The third-order valence-corrected chi connectivity index (χ3v) is 5.04. The Bertz CT molecular complexity index is 865. The molecule has 0 aliphatic carbocycles. The smallest absolute Gasteiger partial charge is 0.416 e. The monoisotopic (exact) mass is 444 g/mol. The van der Waals surface area contributed by atoms with Crippen LogP contribution in [-0.2, 0) is 41.3 Å². The first-order valence-corrected chi connectivity index (χ1v) is 9.51. The molecule has 0 radical (unpaired) electrons. The van der Waals surface area contributed by atoms with Gasteiger partial charge in [0.1, 0.15) is 12.4 Å². The molecular weight excluding hydrogens is 421 g/mol. The van der Waals surface area contributed by atoms with Crippen LogP contribution in [0.25, 0.3) is 0 Å². The number of benzene rings is 1. The van der Waals surface area contributed by atoms with E-state index < -0.39 is 23.7 Å². The summed E-state index contributed by atoms with van der Waals surface area (Å²) in [5, 5.41) is 0. The van der Waals surface area contributed by atoms with Gasteiger partial charge in [-0.25, -0.2) is 9.59 Å². The van der Waals surface area contributed by atoms with Crippen molar-refractivity contribution in [2.75, 3.05) is 58.8 Å². The lowest BCUT2D eigenvalue weighted by Crippen LogP contribution is -2.39. The number of halogens is 3. The average molecular weight is 444 g/mol. The van der Waals surface area contributed by atoms with Crippen LogP contribution < -0.4 is 4.90 Å². The van der Waals surface area contributed by atoms with Gasteiger partial charge in [0.15, 0.2) is 0 Å². The van der Waals surface area contributed by atoms with E-state index in [9.17, 15) is 22.8 Å². The third-order valence-electron chi connectivity index (χ3n) is 5.04. The van der Waals surface area contributed by atoms with Gasteiger partial charge in [0.05, 0.1) is 45.2 Å². The zero-order valence-electron chi connectivity index (χ0n) is 17.2. The first kappa shape index (κ1) is 23.0. The number of morpholine rings is 1. The highest BCUT2D eigenvalue weighted by molar-refractivity contribution is 6.03. The van der Waals surface area contributed by atoms with Crippen LogP contribution in [0.3, 0.4) is 0 Å². The average Bonchev–Trinajstić information content (AvgIpc) is 2.77. The van der Waals surface area contributed by atoms with E-state index in [2.05, 4.69) is 4.74 Å². The number of carbonyl (C=O) groups excluding carboxylic acids is 2. The summed E-state index contributed by atoms with van der Waals surface area (Å²) < 4.78 is 61.6. The minimum atomic E-state index is -4.62. The molecule has 2 heterocycles. The molecule has 1 saturated heterocycles. The van der Waals surface area contributed by atoms with E-state index in [-0.39, 0.29) is 42.4 Å². The van der Waals surface area contributed by atoms with Crippen molar-refractivity contribution in [3.8, 4) is 0 Å². The van der Waals surface area contributed by atoms with Gasteiger partial charge in [-0.2, -0.15) is 13.2 Å². The van der Waals surface area contributed by atoms with Crippen LogP contribution in [-0.4, -0.2) is 70.7 Å². The number of hydrogen-bond acceptors (Lipinski definition) is 8. The molecule has 1 fully saturated rings. The Balaban J connectivity index is 2.02. The number of carbonyl (C=O) groups is 2. The number of nitrogens with zero attached hydrogens (tertiary/aromatic N) is 2. The molecule has 1 aromatic carbocycles. The maximum atomic E-state index is 13.9. The van der Waals surface area contributed by atoms with Crippen molar-refractivity contribution in [1.29, 1.82) is 0 Å². The van der Waals surface area contributed by atoms with Crippen LogP contribution in [0, 0.1) is 0 Å². The van der Waals surface area contributed by atoms with Crippen molar-refractivity contribution in [3.63, 3.8) is 0 Å². The number of anilines is 1. The van der Waals surface area contributed by atoms with E-state index in [0.29, 0.717) is 26.3 Å². The molecule has 0 bridgehead atoms. The Labute approximate surface area is 177 Å². The molecule has 170 valence electrons. The highest BCUT2D eigenvalue weighted by Gasteiger charge is 2.37. The van der Waals surface area contributed by atoms with Gasteiger partial charge in [-0.15, -0.1) is 0 Å². The molecule has 0 N–H and O–H groups in total. The van der Waals surface area contributed by atoms with Crippen molar-refractivity contribution in [2.24, 2.45) is 0 Å². The van der Waals surface area contributed by atoms with Gasteiger partial charge in [0.25, 0.3) is 0 Å². The summed E-state index contributed by atoms with van der Waals surface area (Å²) in [4.78, 5) is 27.5. The lowest BCUT2D eigenvalue weighted by Gasteiger charge is -2.32. The van der Waals surface area contributed by atoms with Crippen molar-refractivity contribution in [3.05, 3.63) is 40.6 Å². The van der Waals surface area contributed by atoms with Gasteiger partial charge in [0, 0.05) is 25.3 Å². The zero-order valence-corrected chi connectivity index (χ0v) is 17.2. The SMILES string of the molecule is COC(=O)C1=C(C(=O)OC)N(c2ccc(CN3CCOCC3)c(C(F)(F)F)c2)COC1. The number of alkyl halides is 3. The van der Waals surface area contributed by atoms with Gasteiger partial charge in [0.2, 0.25) is 0 Å². The molecule has 0 aromatic heterocycles. The van der Waals surface area contributed by atoms with Crippen molar-refractivity contribution in [2.45, 2.75) is 12.7 Å². The Hall–Kier alpha value is -2.63. The van der Waals surface area contributed by atoms with Crippen LogP contribution in [0.5, 0.6) is 0 Å². The normalized spacial score (nSPS) is 18.2. The van der Waals surface area contributed by atoms with Gasteiger partial charge >= 0.3 is 18.1 Å². The van der Waals surface area contributed by atoms with Crippen molar-refractivity contribution in [1.82, 2.24) is 4.90 Å². The number of rotatable bonds is 5. The molecule has 2 aliphatic heterocycles. The molecule has 0 amide bonds. The van der Waals surface area contributed by atoms with Crippen LogP contribution in [0.2, 0.25) is 0 Å². The van der Waals surface area contributed by atoms with E-state index >= 15 is 0 Å². The minimum absolute atomic E-state index is 0.0413. The lowest BCUT2D eigenvalue weighted by atomic mass is 10.0. The van der Waals surface area contributed by atoms with E-state index in [1.165, 1.54) is 17.0 Å². The van der Waals surface area contributed by atoms with E-state index in [1.807, 2.05) is 4.90 Å². The molecule has 0 spiro atoms. The molecule has 1 aromatic rings. The standard InChI is InChI=1S/C20H23F3N2O6/c1-28-18(26)15-11-31-12-25(17(15)19(27)29-2)14-4-3-13(16(9-14)20(21,22)23)10-24-5-7-30-8-6-24/h3-4,9H,5-8,10-12H2,1-2H3. The Kier molecular flexibility index (Phi) is 7.19. The molecular formula is C20H23F3N2O6. The second kappa shape index (κ2) is 9.67. The second-order valence-electron chi connectivity index (χ2n) is 6.94. The summed E-state index contributed by atoms with van der Waals surface area (Å²) in [6.45, 7) is 1.66. The summed E-state index contributed by atoms with van der Waals surface area (Å²) in [6, 6.07) is 3.77. The largest absolute Gasteiger partial charge is 0.466 e. The first-order chi connectivity index (χ1) is 14.8. The number of methoxy groups -OCH3 is 2. The van der Waals surface area contributed by atoms with E-state index in [0.717, 1.165) is 20.3 Å². The number of hydrogen-bond donors (Lipinski definition) is 0. The molecule has 11 heteroatoms. The maximum absolute atomic E-state index is 13.9. The van der Waals surface area contributed by atoms with Crippen LogP contribution in [0.1, 0.15) is 11.1 Å². The second-order valence-corrected chi connectivity index (χ2v) is 6.94. The summed E-state index contributed by atoms with van der Waals surface area (Å²) in [5.74, 6) is -1.71. The number of esters is 2. The molecule has 3 rings (SSSR count). The first-order valence-electron chi connectivity index (χ1n) is 9.51. The minimum Gasteiger partial charge on any atom is -0.466 e. The molecule has 0 unspecified atom stereocenters. The summed E-state index contributed by atoms with van der Waals surface area (Å²) in [7, 11) is 2.25. The van der Waals surface area contributed by atoms with Gasteiger partial charge in [-0.05, 0) is 17.7 Å². The highest BCUT2D eigenvalue weighted by atomic mass is 19.4. The van der Waals surface area contributed by atoms with Gasteiger partial charge < -0.3 is 23.8 Å². The Morgan fingerprint density at radius 1 is 1.06 bits per heavy atom. The van der Waals surface area contributed by atoms with Crippen molar-refractivity contribution < 1.29 is 41.7 Å². The maximum Gasteiger partial charge on any atom is 0.416 e.